The maximum absolute atomic E-state index is 5.93. The lowest BCUT2D eigenvalue weighted by atomic mass is 10.1. The predicted molar refractivity (Wildman–Crippen MR) is 90.1 cm³/mol. The fourth-order valence-electron chi connectivity index (χ4n) is 2.18. The van der Waals surface area contributed by atoms with Crippen molar-refractivity contribution in [2.45, 2.75) is 16.3 Å². The molecule has 0 aliphatic carbocycles. The molecule has 0 atom stereocenters. The van der Waals surface area contributed by atoms with E-state index in [0.29, 0.717) is 6.54 Å². The molecule has 0 radical (unpaired) electrons. The van der Waals surface area contributed by atoms with Gasteiger partial charge in [-0.1, -0.05) is 41.6 Å². The van der Waals surface area contributed by atoms with Crippen molar-refractivity contribution in [3.8, 4) is 0 Å². The van der Waals surface area contributed by atoms with Gasteiger partial charge in [-0.2, -0.15) is 0 Å². The maximum Gasteiger partial charge on any atom is 0.105 e. The number of nitrogens with zero attached hydrogens (tertiary/aromatic N) is 1. The molecule has 1 heterocycles. The standard InChI is InChI=1S/C17H15ClN2S/c18-14-5-7-15(8-6-14)21-17-13(9-10-19)11-12-3-1-2-4-16(12)20-17/h1-8,11H,9-10,19H2. The zero-order chi connectivity index (χ0) is 14.7. The molecule has 0 fully saturated rings. The highest BCUT2D eigenvalue weighted by Gasteiger charge is 2.08. The number of aromatic nitrogens is 1. The molecule has 1 aromatic heterocycles. The van der Waals surface area contributed by atoms with E-state index < -0.39 is 0 Å². The second-order valence-electron chi connectivity index (χ2n) is 4.74. The van der Waals surface area contributed by atoms with Crippen LogP contribution in [0.25, 0.3) is 10.9 Å². The molecule has 0 spiro atoms. The first kappa shape index (κ1) is 14.4. The number of benzene rings is 2. The summed E-state index contributed by atoms with van der Waals surface area (Å²) in [7, 11) is 0. The van der Waals surface area contributed by atoms with E-state index >= 15 is 0 Å². The monoisotopic (exact) mass is 314 g/mol. The van der Waals surface area contributed by atoms with Gasteiger partial charge < -0.3 is 5.73 Å². The molecule has 0 aliphatic rings. The molecular formula is C17H15ClN2S. The Kier molecular flexibility index (Phi) is 4.44. The van der Waals surface area contributed by atoms with E-state index in [1.165, 1.54) is 5.56 Å². The molecule has 4 heteroatoms. The molecular weight excluding hydrogens is 300 g/mol. The Labute approximate surface area is 133 Å². The highest BCUT2D eigenvalue weighted by molar-refractivity contribution is 7.99. The van der Waals surface area contributed by atoms with Gasteiger partial charge in [0.1, 0.15) is 5.03 Å². The summed E-state index contributed by atoms with van der Waals surface area (Å²) in [6, 6.07) is 18.2. The van der Waals surface area contributed by atoms with Crippen LogP contribution in [0.15, 0.2) is 64.5 Å². The molecule has 21 heavy (non-hydrogen) atoms. The number of para-hydroxylation sites is 1. The summed E-state index contributed by atoms with van der Waals surface area (Å²) in [6.45, 7) is 0.619. The summed E-state index contributed by atoms with van der Waals surface area (Å²) >= 11 is 7.58. The Morgan fingerprint density at radius 3 is 2.57 bits per heavy atom. The van der Waals surface area contributed by atoms with Crippen molar-refractivity contribution in [2.24, 2.45) is 5.73 Å². The fourth-order valence-corrected chi connectivity index (χ4v) is 3.24. The lowest BCUT2D eigenvalue weighted by molar-refractivity contribution is 0.922. The molecule has 106 valence electrons. The van der Waals surface area contributed by atoms with Gasteiger partial charge >= 0.3 is 0 Å². The highest BCUT2D eigenvalue weighted by atomic mass is 35.5. The van der Waals surface area contributed by atoms with Crippen LogP contribution in [-0.2, 0) is 6.42 Å². The van der Waals surface area contributed by atoms with Gasteiger partial charge in [0.25, 0.3) is 0 Å². The number of fused-ring (bicyclic) bond motifs is 1. The van der Waals surface area contributed by atoms with Crippen molar-refractivity contribution in [2.75, 3.05) is 6.54 Å². The number of hydrogen-bond acceptors (Lipinski definition) is 3. The summed E-state index contributed by atoms with van der Waals surface area (Å²) < 4.78 is 0. The zero-order valence-electron chi connectivity index (χ0n) is 11.4. The van der Waals surface area contributed by atoms with Crippen molar-refractivity contribution in [1.29, 1.82) is 0 Å². The summed E-state index contributed by atoms with van der Waals surface area (Å²) in [6.07, 6.45) is 0.827. The molecule has 2 nitrogen and oxygen atoms in total. The molecule has 0 amide bonds. The van der Waals surface area contributed by atoms with Gasteiger partial charge in [0.15, 0.2) is 0 Å². The van der Waals surface area contributed by atoms with E-state index in [1.807, 2.05) is 42.5 Å². The van der Waals surface area contributed by atoms with E-state index in [0.717, 1.165) is 32.3 Å². The number of halogens is 1. The van der Waals surface area contributed by atoms with Gasteiger partial charge in [-0.05, 0) is 54.9 Å². The smallest absolute Gasteiger partial charge is 0.105 e. The van der Waals surface area contributed by atoms with Gasteiger partial charge in [0.05, 0.1) is 5.52 Å². The molecule has 3 rings (SSSR count). The van der Waals surface area contributed by atoms with Gasteiger partial charge in [-0.15, -0.1) is 0 Å². The molecule has 0 aliphatic heterocycles. The van der Waals surface area contributed by atoms with E-state index in [2.05, 4.69) is 12.1 Å². The molecule has 2 aromatic carbocycles. The van der Waals surface area contributed by atoms with Crippen molar-refractivity contribution in [1.82, 2.24) is 4.98 Å². The van der Waals surface area contributed by atoms with E-state index in [1.54, 1.807) is 11.8 Å². The van der Waals surface area contributed by atoms with Gasteiger partial charge in [-0.3, -0.25) is 0 Å². The number of nitrogens with two attached hydrogens (primary N) is 1. The molecule has 2 N–H and O–H groups in total. The predicted octanol–water partition coefficient (Wildman–Crippen LogP) is 4.54. The van der Waals surface area contributed by atoms with Gasteiger partial charge in [0.2, 0.25) is 0 Å². The summed E-state index contributed by atoms with van der Waals surface area (Å²) in [5.41, 5.74) is 7.93. The third kappa shape index (κ3) is 3.38. The second kappa shape index (κ2) is 6.48. The molecule has 0 unspecified atom stereocenters. The molecule has 0 saturated heterocycles. The Bertz CT molecular complexity index is 756. The van der Waals surface area contributed by atoms with E-state index in [4.69, 9.17) is 22.3 Å². The van der Waals surface area contributed by atoms with Gasteiger partial charge in [0, 0.05) is 15.3 Å². The van der Waals surface area contributed by atoms with E-state index in [-0.39, 0.29) is 0 Å². The van der Waals surface area contributed by atoms with Gasteiger partial charge in [-0.25, -0.2) is 4.98 Å². The summed E-state index contributed by atoms with van der Waals surface area (Å²) in [4.78, 5) is 5.91. The minimum atomic E-state index is 0.619. The lowest BCUT2D eigenvalue weighted by Gasteiger charge is -2.10. The van der Waals surface area contributed by atoms with Crippen molar-refractivity contribution in [3.63, 3.8) is 0 Å². The first-order chi connectivity index (χ1) is 10.3. The van der Waals surface area contributed by atoms with Crippen LogP contribution in [0.3, 0.4) is 0 Å². The third-order valence-corrected chi connectivity index (χ3v) is 4.51. The van der Waals surface area contributed by atoms with Crippen LogP contribution in [-0.4, -0.2) is 11.5 Å². The minimum Gasteiger partial charge on any atom is -0.330 e. The first-order valence-electron chi connectivity index (χ1n) is 6.78. The Balaban J connectivity index is 2.02. The summed E-state index contributed by atoms with van der Waals surface area (Å²) in [5.74, 6) is 0. The van der Waals surface area contributed by atoms with Crippen LogP contribution < -0.4 is 5.73 Å². The van der Waals surface area contributed by atoms with Crippen molar-refractivity contribution < 1.29 is 0 Å². The number of pyridine rings is 1. The largest absolute Gasteiger partial charge is 0.330 e. The van der Waals surface area contributed by atoms with Crippen LogP contribution in [0.5, 0.6) is 0 Å². The van der Waals surface area contributed by atoms with Crippen LogP contribution in [0.4, 0.5) is 0 Å². The number of rotatable bonds is 4. The van der Waals surface area contributed by atoms with Crippen LogP contribution in [0.2, 0.25) is 5.02 Å². The Morgan fingerprint density at radius 2 is 1.81 bits per heavy atom. The number of hydrogen-bond donors (Lipinski definition) is 1. The zero-order valence-corrected chi connectivity index (χ0v) is 13.0. The lowest BCUT2D eigenvalue weighted by Crippen LogP contribution is -2.04. The quantitative estimate of drug-likeness (QED) is 0.768. The first-order valence-corrected chi connectivity index (χ1v) is 7.98. The normalized spacial score (nSPS) is 11.0. The highest BCUT2D eigenvalue weighted by Crippen LogP contribution is 2.31. The molecule has 3 aromatic rings. The average molecular weight is 315 g/mol. The SMILES string of the molecule is NCCc1cc2ccccc2nc1Sc1ccc(Cl)cc1. The Morgan fingerprint density at radius 1 is 1.05 bits per heavy atom. The maximum atomic E-state index is 5.93. The van der Waals surface area contributed by atoms with Crippen molar-refractivity contribution >= 4 is 34.3 Å². The Hall–Kier alpha value is -1.55. The molecule has 0 bridgehead atoms. The van der Waals surface area contributed by atoms with Crippen LogP contribution in [0.1, 0.15) is 5.56 Å². The third-order valence-electron chi connectivity index (χ3n) is 3.21. The van der Waals surface area contributed by atoms with Crippen molar-refractivity contribution in [3.05, 3.63) is 65.2 Å². The fraction of sp³-hybridized carbons (Fsp3) is 0.118. The topological polar surface area (TPSA) is 38.9 Å². The average Bonchev–Trinajstić information content (AvgIpc) is 2.50. The minimum absolute atomic E-state index is 0.619. The van der Waals surface area contributed by atoms with E-state index in [9.17, 15) is 0 Å². The summed E-state index contributed by atoms with van der Waals surface area (Å²) in [5, 5.41) is 2.91. The second-order valence-corrected chi connectivity index (χ2v) is 6.24. The van der Waals surface area contributed by atoms with Crippen LogP contribution in [0, 0.1) is 0 Å². The molecule has 0 saturated carbocycles. The van der Waals surface area contributed by atoms with Crippen LogP contribution >= 0.6 is 23.4 Å².